The first-order chi connectivity index (χ1) is 8.86. The molecule has 0 saturated heterocycles. The van der Waals surface area contributed by atoms with Crippen molar-refractivity contribution in [2.75, 3.05) is 43.6 Å². The first kappa shape index (κ1) is 13.2. The fourth-order valence-electron chi connectivity index (χ4n) is 2.36. The van der Waals surface area contributed by atoms with E-state index in [-0.39, 0.29) is 0 Å². The standard InChI is InChI=1S/C14H23N3O/c1-3-18-11-10-17-13-7-5-4-6-12(13)16-14(17)8-9-15-2/h4-7,14-16H,3,8-11H2,1-2H3. The first-order valence-corrected chi connectivity index (χ1v) is 6.71. The van der Waals surface area contributed by atoms with E-state index in [1.54, 1.807) is 0 Å². The topological polar surface area (TPSA) is 36.5 Å². The van der Waals surface area contributed by atoms with Crippen LogP contribution < -0.4 is 15.5 Å². The summed E-state index contributed by atoms with van der Waals surface area (Å²) in [5.41, 5.74) is 2.52. The van der Waals surface area contributed by atoms with Crippen LogP contribution in [0.25, 0.3) is 0 Å². The van der Waals surface area contributed by atoms with Gasteiger partial charge in [-0.2, -0.15) is 0 Å². The summed E-state index contributed by atoms with van der Waals surface area (Å²) in [5.74, 6) is 0. The number of rotatable bonds is 7. The summed E-state index contributed by atoms with van der Waals surface area (Å²) in [6, 6.07) is 8.48. The van der Waals surface area contributed by atoms with Crippen LogP contribution in [-0.2, 0) is 4.74 Å². The van der Waals surface area contributed by atoms with Crippen molar-refractivity contribution in [2.45, 2.75) is 19.5 Å². The molecule has 4 nitrogen and oxygen atoms in total. The summed E-state index contributed by atoms with van der Waals surface area (Å²) < 4.78 is 5.48. The van der Waals surface area contributed by atoms with E-state index in [1.807, 2.05) is 14.0 Å². The van der Waals surface area contributed by atoms with E-state index in [0.29, 0.717) is 6.17 Å². The molecule has 0 radical (unpaired) electrons. The Morgan fingerprint density at radius 1 is 1.39 bits per heavy atom. The average molecular weight is 249 g/mol. The monoisotopic (exact) mass is 249 g/mol. The minimum Gasteiger partial charge on any atom is -0.380 e. The molecule has 0 amide bonds. The van der Waals surface area contributed by atoms with E-state index in [2.05, 4.69) is 39.8 Å². The molecule has 1 unspecified atom stereocenters. The van der Waals surface area contributed by atoms with Gasteiger partial charge in [0, 0.05) is 13.2 Å². The molecule has 0 bridgehead atoms. The van der Waals surface area contributed by atoms with Crippen LogP contribution in [0.1, 0.15) is 13.3 Å². The number of nitrogens with one attached hydrogen (secondary N) is 2. The predicted octanol–water partition coefficient (Wildman–Crippen LogP) is 1.89. The molecule has 2 N–H and O–H groups in total. The van der Waals surface area contributed by atoms with Crippen LogP contribution in [0.4, 0.5) is 11.4 Å². The zero-order valence-corrected chi connectivity index (χ0v) is 11.3. The number of para-hydroxylation sites is 2. The molecule has 18 heavy (non-hydrogen) atoms. The van der Waals surface area contributed by atoms with Gasteiger partial charge in [-0.25, -0.2) is 0 Å². The molecular weight excluding hydrogens is 226 g/mol. The van der Waals surface area contributed by atoms with Gasteiger partial charge in [0.1, 0.15) is 6.17 Å². The van der Waals surface area contributed by atoms with E-state index in [0.717, 1.165) is 32.7 Å². The van der Waals surface area contributed by atoms with Crippen molar-refractivity contribution in [1.29, 1.82) is 0 Å². The van der Waals surface area contributed by atoms with Gasteiger partial charge < -0.3 is 20.3 Å². The highest BCUT2D eigenvalue weighted by Gasteiger charge is 2.27. The van der Waals surface area contributed by atoms with Crippen molar-refractivity contribution < 1.29 is 4.74 Å². The molecule has 0 aromatic heterocycles. The second-order valence-corrected chi connectivity index (χ2v) is 4.46. The van der Waals surface area contributed by atoms with Crippen molar-refractivity contribution in [2.24, 2.45) is 0 Å². The maximum Gasteiger partial charge on any atom is 0.100 e. The van der Waals surface area contributed by atoms with Crippen LogP contribution in [0.5, 0.6) is 0 Å². The van der Waals surface area contributed by atoms with Crippen molar-refractivity contribution in [3.8, 4) is 0 Å². The summed E-state index contributed by atoms with van der Waals surface area (Å²) >= 11 is 0. The van der Waals surface area contributed by atoms with Crippen molar-refractivity contribution >= 4 is 11.4 Å². The smallest absolute Gasteiger partial charge is 0.100 e. The largest absolute Gasteiger partial charge is 0.380 e. The SMILES string of the molecule is CCOCCN1c2ccccc2NC1CCNC. The molecule has 100 valence electrons. The van der Waals surface area contributed by atoms with Crippen LogP contribution in [0, 0.1) is 0 Å². The van der Waals surface area contributed by atoms with Gasteiger partial charge in [-0.1, -0.05) is 12.1 Å². The number of hydrogen-bond donors (Lipinski definition) is 2. The van der Waals surface area contributed by atoms with Crippen LogP contribution in [0.3, 0.4) is 0 Å². The van der Waals surface area contributed by atoms with Gasteiger partial charge in [0.25, 0.3) is 0 Å². The molecular formula is C14H23N3O. The summed E-state index contributed by atoms with van der Waals surface area (Å²) in [7, 11) is 1.99. The van der Waals surface area contributed by atoms with Crippen LogP contribution >= 0.6 is 0 Å². The second-order valence-electron chi connectivity index (χ2n) is 4.46. The van der Waals surface area contributed by atoms with Crippen LogP contribution in [0.15, 0.2) is 24.3 Å². The molecule has 0 aliphatic carbocycles. The van der Waals surface area contributed by atoms with Gasteiger partial charge in [-0.15, -0.1) is 0 Å². The highest BCUT2D eigenvalue weighted by molar-refractivity contribution is 5.75. The molecule has 0 saturated carbocycles. The van der Waals surface area contributed by atoms with Crippen molar-refractivity contribution in [1.82, 2.24) is 5.32 Å². The lowest BCUT2D eigenvalue weighted by Crippen LogP contribution is -2.39. The third-order valence-electron chi connectivity index (χ3n) is 3.26. The first-order valence-electron chi connectivity index (χ1n) is 6.71. The van der Waals surface area contributed by atoms with Crippen molar-refractivity contribution in [3.63, 3.8) is 0 Å². The lowest BCUT2D eigenvalue weighted by Gasteiger charge is -2.26. The average Bonchev–Trinajstić information content (AvgIpc) is 2.75. The van der Waals surface area contributed by atoms with Gasteiger partial charge in [-0.05, 0) is 39.1 Å². The molecule has 0 fully saturated rings. The van der Waals surface area contributed by atoms with Crippen LogP contribution in [-0.4, -0.2) is 39.5 Å². The normalized spacial score (nSPS) is 17.7. The molecule has 1 aromatic carbocycles. The summed E-state index contributed by atoms with van der Waals surface area (Å²) in [6.45, 7) is 5.55. The molecule has 4 heteroatoms. The minimum absolute atomic E-state index is 0.371. The molecule has 2 rings (SSSR count). The lowest BCUT2D eigenvalue weighted by molar-refractivity contribution is 0.153. The van der Waals surface area contributed by atoms with Crippen molar-refractivity contribution in [3.05, 3.63) is 24.3 Å². The fourth-order valence-corrected chi connectivity index (χ4v) is 2.36. The van der Waals surface area contributed by atoms with E-state index in [1.165, 1.54) is 11.4 Å². The van der Waals surface area contributed by atoms with E-state index in [9.17, 15) is 0 Å². The molecule has 1 aliphatic heterocycles. The molecule has 1 atom stereocenters. The second kappa shape index (κ2) is 6.61. The minimum atomic E-state index is 0.371. The number of hydrogen-bond acceptors (Lipinski definition) is 4. The molecule has 1 aliphatic rings. The van der Waals surface area contributed by atoms with Crippen LogP contribution in [0.2, 0.25) is 0 Å². The van der Waals surface area contributed by atoms with E-state index < -0.39 is 0 Å². The Balaban J connectivity index is 2.03. The Labute approximate surface area is 109 Å². The molecule has 1 aromatic rings. The van der Waals surface area contributed by atoms with Gasteiger partial charge >= 0.3 is 0 Å². The maximum atomic E-state index is 5.48. The zero-order chi connectivity index (χ0) is 12.8. The van der Waals surface area contributed by atoms with Gasteiger partial charge in [0.2, 0.25) is 0 Å². The Kier molecular flexibility index (Phi) is 4.84. The maximum absolute atomic E-state index is 5.48. The Hall–Kier alpha value is -1.26. The van der Waals surface area contributed by atoms with E-state index in [4.69, 9.17) is 4.74 Å². The quantitative estimate of drug-likeness (QED) is 0.724. The third kappa shape index (κ3) is 2.94. The highest BCUT2D eigenvalue weighted by Crippen LogP contribution is 2.34. The Bertz CT molecular complexity index is 370. The molecule has 0 spiro atoms. The fraction of sp³-hybridized carbons (Fsp3) is 0.571. The zero-order valence-electron chi connectivity index (χ0n) is 11.3. The number of anilines is 2. The number of nitrogens with zero attached hydrogens (tertiary/aromatic N) is 1. The highest BCUT2D eigenvalue weighted by atomic mass is 16.5. The molecule has 1 heterocycles. The van der Waals surface area contributed by atoms with E-state index >= 15 is 0 Å². The summed E-state index contributed by atoms with van der Waals surface area (Å²) in [6.07, 6.45) is 1.45. The summed E-state index contributed by atoms with van der Waals surface area (Å²) in [5, 5.41) is 6.79. The Morgan fingerprint density at radius 3 is 3.00 bits per heavy atom. The predicted molar refractivity (Wildman–Crippen MR) is 76.2 cm³/mol. The van der Waals surface area contributed by atoms with Gasteiger partial charge in [0.05, 0.1) is 18.0 Å². The van der Waals surface area contributed by atoms with Gasteiger partial charge in [0.15, 0.2) is 0 Å². The Morgan fingerprint density at radius 2 is 2.22 bits per heavy atom. The number of fused-ring (bicyclic) bond motifs is 1. The third-order valence-corrected chi connectivity index (χ3v) is 3.26. The number of ether oxygens (including phenoxy) is 1. The summed E-state index contributed by atoms with van der Waals surface area (Å²) in [4.78, 5) is 2.41. The van der Waals surface area contributed by atoms with Gasteiger partial charge in [-0.3, -0.25) is 0 Å². The lowest BCUT2D eigenvalue weighted by atomic mass is 10.2. The number of benzene rings is 1.